The minimum Gasteiger partial charge on any atom is -0.340 e. The first-order valence-electron chi connectivity index (χ1n) is 9.40. The Bertz CT molecular complexity index is 1240. The lowest BCUT2D eigenvalue weighted by Gasteiger charge is -2.10. The molecule has 0 atom stereocenters. The van der Waals surface area contributed by atoms with Gasteiger partial charge in [0, 0.05) is 27.3 Å². The summed E-state index contributed by atoms with van der Waals surface area (Å²) < 4.78 is 0.971. The summed E-state index contributed by atoms with van der Waals surface area (Å²) in [7, 11) is 0. The van der Waals surface area contributed by atoms with Gasteiger partial charge in [-0.3, -0.25) is 4.79 Å². The minimum absolute atomic E-state index is 0.201. The first-order chi connectivity index (χ1) is 14.6. The molecule has 0 fully saturated rings. The maximum absolute atomic E-state index is 12.4. The molecule has 0 unspecified atom stereocenters. The fraction of sp³-hybridized carbons (Fsp3) is 0.0417. The largest absolute Gasteiger partial charge is 0.340 e. The fourth-order valence-electron chi connectivity index (χ4n) is 2.97. The summed E-state index contributed by atoms with van der Waals surface area (Å²) in [6.07, 6.45) is 4.83. The van der Waals surface area contributed by atoms with Gasteiger partial charge >= 0.3 is 0 Å². The highest BCUT2D eigenvalue weighted by Crippen LogP contribution is 2.27. The Balaban J connectivity index is 1.54. The first-order valence-corrected chi connectivity index (χ1v) is 10.2. The van der Waals surface area contributed by atoms with E-state index in [9.17, 15) is 4.79 Å². The van der Waals surface area contributed by atoms with Gasteiger partial charge in [0.25, 0.3) is 0 Å². The van der Waals surface area contributed by atoms with Crippen LogP contribution in [0.1, 0.15) is 11.1 Å². The molecular weight excluding hydrogens is 440 g/mol. The van der Waals surface area contributed by atoms with Crippen LogP contribution in [-0.4, -0.2) is 15.9 Å². The molecule has 1 amide bonds. The summed E-state index contributed by atoms with van der Waals surface area (Å²) >= 11 is 3.47. The van der Waals surface area contributed by atoms with Crippen LogP contribution in [0.15, 0.2) is 83.6 Å². The number of halogens is 1. The van der Waals surface area contributed by atoms with Gasteiger partial charge in [-0.05, 0) is 55.0 Å². The molecule has 5 nitrogen and oxygen atoms in total. The Morgan fingerprint density at radius 3 is 2.60 bits per heavy atom. The zero-order valence-electron chi connectivity index (χ0n) is 16.3. The van der Waals surface area contributed by atoms with E-state index in [-0.39, 0.29) is 5.91 Å². The molecule has 0 bridgehead atoms. The van der Waals surface area contributed by atoms with Crippen molar-refractivity contribution >= 4 is 56.0 Å². The highest BCUT2D eigenvalue weighted by Gasteiger charge is 2.07. The molecule has 4 aromatic rings. The SMILES string of the molecule is Cc1ccc(/C=C/C(=O)Nc2ccc3ncnc(Nc4cccc(Br)c4)c3c2)cc1. The molecule has 4 rings (SSSR count). The highest BCUT2D eigenvalue weighted by atomic mass is 79.9. The normalized spacial score (nSPS) is 11.0. The molecule has 30 heavy (non-hydrogen) atoms. The number of carbonyl (C=O) groups is 1. The van der Waals surface area contributed by atoms with Crippen LogP contribution in [0.5, 0.6) is 0 Å². The van der Waals surface area contributed by atoms with Crippen molar-refractivity contribution < 1.29 is 4.79 Å². The molecule has 0 spiro atoms. The summed E-state index contributed by atoms with van der Waals surface area (Å²) in [5.41, 5.74) is 4.52. The van der Waals surface area contributed by atoms with E-state index in [2.05, 4.69) is 36.5 Å². The quantitative estimate of drug-likeness (QED) is 0.354. The lowest BCUT2D eigenvalue weighted by atomic mass is 10.1. The number of hydrogen-bond acceptors (Lipinski definition) is 4. The second-order valence-corrected chi connectivity index (χ2v) is 7.74. The van der Waals surface area contributed by atoms with Gasteiger partial charge in [-0.15, -0.1) is 0 Å². The molecule has 0 aliphatic heterocycles. The van der Waals surface area contributed by atoms with E-state index in [0.717, 1.165) is 26.6 Å². The molecule has 6 heteroatoms. The maximum Gasteiger partial charge on any atom is 0.248 e. The molecule has 0 saturated carbocycles. The summed E-state index contributed by atoms with van der Waals surface area (Å²) in [4.78, 5) is 21.0. The van der Waals surface area contributed by atoms with Crippen LogP contribution >= 0.6 is 15.9 Å². The van der Waals surface area contributed by atoms with Gasteiger partial charge in [0.1, 0.15) is 12.1 Å². The number of nitrogens with zero attached hydrogens (tertiary/aromatic N) is 2. The van der Waals surface area contributed by atoms with E-state index >= 15 is 0 Å². The van der Waals surface area contributed by atoms with Gasteiger partial charge in [-0.2, -0.15) is 0 Å². The van der Waals surface area contributed by atoms with Crippen molar-refractivity contribution in [2.45, 2.75) is 6.92 Å². The number of benzene rings is 3. The molecule has 148 valence electrons. The van der Waals surface area contributed by atoms with Crippen molar-refractivity contribution in [1.29, 1.82) is 0 Å². The number of aromatic nitrogens is 2. The summed E-state index contributed by atoms with van der Waals surface area (Å²) in [5.74, 6) is 0.470. The van der Waals surface area contributed by atoms with Crippen LogP contribution < -0.4 is 10.6 Å². The second kappa shape index (κ2) is 8.88. The van der Waals surface area contributed by atoms with Gasteiger partial charge in [0.05, 0.1) is 5.52 Å². The van der Waals surface area contributed by atoms with Gasteiger partial charge < -0.3 is 10.6 Å². The van der Waals surface area contributed by atoms with Crippen LogP contribution in [0.4, 0.5) is 17.2 Å². The van der Waals surface area contributed by atoms with E-state index < -0.39 is 0 Å². The van der Waals surface area contributed by atoms with Gasteiger partial charge in [0.15, 0.2) is 0 Å². The fourth-order valence-corrected chi connectivity index (χ4v) is 3.37. The standard InChI is InChI=1S/C24H19BrN4O/c1-16-5-7-17(8-6-16)9-12-23(30)28-20-10-11-22-21(14-20)24(27-15-26-22)29-19-4-2-3-18(25)13-19/h2-15H,1H3,(H,28,30)(H,26,27,29)/b12-9+. The predicted octanol–water partition coefficient (Wildman–Crippen LogP) is 6.10. The summed E-state index contributed by atoms with van der Waals surface area (Å²) in [6.45, 7) is 2.03. The van der Waals surface area contributed by atoms with Crippen molar-refractivity contribution in [3.05, 3.63) is 94.7 Å². The van der Waals surface area contributed by atoms with Crippen LogP contribution in [0.25, 0.3) is 17.0 Å². The van der Waals surface area contributed by atoms with E-state index in [1.54, 1.807) is 6.08 Å². The Morgan fingerprint density at radius 1 is 0.967 bits per heavy atom. The third-order valence-corrected chi connectivity index (χ3v) is 4.99. The molecule has 3 aromatic carbocycles. The average Bonchev–Trinajstić information content (AvgIpc) is 2.74. The lowest BCUT2D eigenvalue weighted by Crippen LogP contribution is -2.07. The number of fused-ring (bicyclic) bond motifs is 1. The minimum atomic E-state index is -0.201. The molecule has 0 saturated heterocycles. The monoisotopic (exact) mass is 458 g/mol. The average molecular weight is 459 g/mol. The number of amides is 1. The van der Waals surface area contributed by atoms with Crippen molar-refractivity contribution in [2.24, 2.45) is 0 Å². The molecule has 0 radical (unpaired) electrons. The molecule has 1 heterocycles. The van der Waals surface area contributed by atoms with Crippen LogP contribution in [-0.2, 0) is 4.79 Å². The van der Waals surface area contributed by atoms with Crippen molar-refractivity contribution in [2.75, 3.05) is 10.6 Å². The number of anilines is 3. The smallest absolute Gasteiger partial charge is 0.248 e. The zero-order chi connectivity index (χ0) is 20.9. The molecule has 0 aliphatic rings. The first kappa shape index (κ1) is 19.8. The number of nitrogens with one attached hydrogen (secondary N) is 2. The number of carbonyl (C=O) groups excluding carboxylic acids is 1. The number of aryl methyl sites for hydroxylation is 1. The number of rotatable bonds is 5. The number of hydrogen-bond donors (Lipinski definition) is 2. The molecule has 1 aromatic heterocycles. The van der Waals surface area contributed by atoms with Crippen LogP contribution in [0.2, 0.25) is 0 Å². The predicted molar refractivity (Wildman–Crippen MR) is 126 cm³/mol. The molecule has 0 aliphatic carbocycles. The third-order valence-electron chi connectivity index (χ3n) is 4.49. The zero-order valence-corrected chi connectivity index (χ0v) is 17.8. The van der Waals surface area contributed by atoms with Gasteiger partial charge in [-0.25, -0.2) is 9.97 Å². The summed E-state index contributed by atoms with van der Waals surface area (Å²) in [6, 6.07) is 21.4. The van der Waals surface area contributed by atoms with E-state index in [0.29, 0.717) is 11.5 Å². The van der Waals surface area contributed by atoms with Crippen molar-refractivity contribution in [3.8, 4) is 0 Å². The van der Waals surface area contributed by atoms with Crippen LogP contribution in [0, 0.1) is 6.92 Å². The Hall–Kier alpha value is -3.51. The molecular formula is C24H19BrN4O. The van der Waals surface area contributed by atoms with E-state index in [4.69, 9.17) is 0 Å². The Labute approximate surface area is 183 Å². The topological polar surface area (TPSA) is 66.9 Å². The van der Waals surface area contributed by atoms with E-state index in [1.165, 1.54) is 18.0 Å². The Kier molecular flexibility index (Phi) is 5.86. The van der Waals surface area contributed by atoms with E-state index in [1.807, 2.05) is 73.7 Å². The maximum atomic E-state index is 12.4. The van der Waals surface area contributed by atoms with Gasteiger partial charge in [0.2, 0.25) is 5.91 Å². The van der Waals surface area contributed by atoms with Crippen LogP contribution in [0.3, 0.4) is 0 Å². The second-order valence-electron chi connectivity index (χ2n) is 6.82. The van der Waals surface area contributed by atoms with Gasteiger partial charge in [-0.1, -0.05) is 51.8 Å². The highest BCUT2D eigenvalue weighted by molar-refractivity contribution is 9.10. The summed E-state index contributed by atoms with van der Waals surface area (Å²) in [5, 5.41) is 7.03. The Morgan fingerprint density at radius 2 is 1.80 bits per heavy atom. The van der Waals surface area contributed by atoms with Crippen molar-refractivity contribution in [3.63, 3.8) is 0 Å². The third kappa shape index (κ3) is 4.90. The molecule has 2 N–H and O–H groups in total. The van der Waals surface area contributed by atoms with Crippen molar-refractivity contribution in [1.82, 2.24) is 9.97 Å². The lowest BCUT2D eigenvalue weighted by molar-refractivity contribution is -0.111.